The number of aromatic amines is 1. The van der Waals surface area contributed by atoms with Crippen molar-refractivity contribution in [3.05, 3.63) is 46.8 Å². The fourth-order valence-electron chi connectivity index (χ4n) is 3.20. The predicted octanol–water partition coefficient (Wildman–Crippen LogP) is 3.03. The molecule has 0 fully saturated rings. The Morgan fingerprint density at radius 3 is 3.04 bits per heavy atom. The fraction of sp³-hybridized carbons (Fsp3) is 0.316. The third kappa shape index (κ3) is 3.43. The molecule has 1 N–H and O–H groups in total. The first-order valence-corrected chi connectivity index (χ1v) is 9.94. The van der Waals surface area contributed by atoms with Crippen LogP contribution in [0.25, 0.3) is 11.0 Å². The minimum absolute atomic E-state index is 0.0217. The molecule has 0 saturated carbocycles. The number of rotatable bonds is 4. The van der Waals surface area contributed by atoms with Crippen molar-refractivity contribution in [1.29, 1.82) is 0 Å². The molecule has 7 nitrogen and oxygen atoms in total. The van der Waals surface area contributed by atoms with Crippen molar-refractivity contribution in [3.63, 3.8) is 0 Å². The van der Waals surface area contributed by atoms with Crippen molar-refractivity contribution in [3.8, 4) is 5.75 Å². The highest BCUT2D eigenvalue weighted by Gasteiger charge is 2.26. The van der Waals surface area contributed by atoms with Gasteiger partial charge in [-0.1, -0.05) is 0 Å². The zero-order chi connectivity index (χ0) is 19.1. The number of H-pyrrole nitrogens is 1. The molecule has 3 aromatic rings. The number of carbonyl (C=O) groups is 1. The van der Waals surface area contributed by atoms with Crippen LogP contribution in [-0.4, -0.2) is 31.4 Å². The van der Waals surface area contributed by atoms with E-state index in [0.717, 1.165) is 23.1 Å². The average molecular weight is 385 g/mol. The first-order chi connectivity index (χ1) is 12.9. The van der Waals surface area contributed by atoms with E-state index < -0.39 is 11.2 Å². The monoisotopic (exact) mass is 385 g/mol. The van der Waals surface area contributed by atoms with E-state index in [1.807, 2.05) is 26.0 Å². The molecule has 1 aliphatic heterocycles. The average Bonchev–Trinajstić information content (AvgIpc) is 3.03. The number of nitrogens with one attached hydrogen (secondary N) is 1. The molecule has 2 atom stereocenters. The highest BCUT2D eigenvalue weighted by molar-refractivity contribution is 7.90. The molecule has 2 aromatic heterocycles. The Labute approximate surface area is 159 Å². The zero-order valence-electron chi connectivity index (χ0n) is 15.2. The summed E-state index contributed by atoms with van der Waals surface area (Å²) < 4.78 is 12.9. The summed E-state index contributed by atoms with van der Waals surface area (Å²) in [6.07, 6.45) is 2.37. The third-order valence-corrected chi connectivity index (χ3v) is 5.69. The van der Waals surface area contributed by atoms with Gasteiger partial charge in [-0.05, 0) is 44.5 Å². The van der Waals surface area contributed by atoms with Gasteiger partial charge in [-0.25, -0.2) is 0 Å². The lowest BCUT2D eigenvalue weighted by atomic mass is 10.0. The van der Waals surface area contributed by atoms with Crippen LogP contribution in [0.1, 0.15) is 41.0 Å². The molecule has 2 unspecified atom stereocenters. The van der Waals surface area contributed by atoms with Crippen LogP contribution in [-0.2, 0) is 28.2 Å². The Hall–Kier alpha value is -2.42. The van der Waals surface area contributed by atoms with Crippen molar-refractivity contribution in [2.45, 2.75) is 44.2 Å². The maximum Gasteiger partial charge on any atom is 0.322 e. The normalized spacial score (nSPS) is 17.4. The van der Waals surface area contributed by atoms with E-state index >= 15 is 0 Å². The number of Topliss-reactive ketones (excluding diaryl/α,β-unsaturated/α-hetero) is 1. The minimum atomic E-state index is -1.45. The summed E-state index contributed by atoms with van der Waals surface area (Å²) in [5.74, 6) is 0.667. The second-order valence-corrected chi connectivity index (χ2v) is 8.08. The lowest BCUT2D eigenvalue weighted by Gasteiger charge is -2.22. The molecule has 1 aliphatic rings. The molecule has 0 aliphatic carbocycles. The largest absolute Gasteiger partial charge is 0.609 e. The van der Waals surface area contributed by atoms with Crippen LogP contribution in [0.3, 0.4) is 0 Å². The SMILES string of the molecule is CC(=O)c1cc2nc([S+]([O-])Cc3nccc4c3OOC(C)C4)[nH]c2cc1C. The van der Waals surface area contributed by atoms with E-state index in [0.29, 0.717) is 27.7 Å². The molecule has 0 bridgehead atoms. The molecule has 0 saturated heterocycles. The van der Waals surface area contributed by atoms with Crippen LogP contribution in [0.15, 0.2) is 29.6 Å². The zero-order valence-corrected chi connectivity index (χ0v) is 16.1. The number of aromatic nitrogens is 3. The lowest BCUT2D eigenvalue weighted by molar-refractivity contribution is -0.249. The number of pyridine rings is 1. The van der Waals surface area contributed by atoms with E-state index in [4.69, 9.17) is 9.78 Å². The summed E-state index contributed by atoms with van der Waals surface area (Å²) in [7, 11) is 0. The summed E-state index contributed by atoms with van der Waals surface area (Å²) in [5, 5.41) is 0.342. The fourth-order valence-corrected chi connectivity index (χ4v) is 4.21. The summed E-state index contributed by atoms with van der Waals surface area (Å²) >= 11 is -1.45. The molecule has 140 valence electrons. The molecule has 8 heteroatoms. The van der Waals surface area contributed by atoms with Crippen molar-refractivity contribution in [2.75, 3.05) is 0 Å². The second kappa shape index (κ2) is 6.95. The molecule has 0 radical (unpaired) electrons. The Morgan fingerprint density at radius 1 is 1.44 bits per heavy atom. The Bertz CT molecular complexity index is 1030. The van der Waals surface area contributed by atoms with Gasteiger partial charge in [-0.2, -0.15) is 9.87 Å². The summed E-state index contributed by atoms with van der Waals surface area (Å²) in [6, 6.07) is 5.46. The molecular formula is C19H19N3O4S. The number of hydrogen-bond donors (Lipinski definition) is 1. The first kappa shape index (κ1) is 18.0. The smallest absolute Gasteiger partial charge is 0.322 e. The van der Waals surface area contributed by atoms with E-state index in [-0.39, 0.29) is 17.6 Å². The molecule has 0 amide bonds. The van der Waals surface area contributed by atoms with E-state index in [9.17, 15) is 9.35 Å². The third-order valence-electron chi connectivity index (χ3n) is 4.53. The molecule has 27 heavy (non-hydrogen) atoms. The van der Waals surface area contributed by atoms with Gasteiger partial charge in [0.2, 0.25) is 0 Å². The van der Waals surface area contributed by atoms with E-state index in [1.165, 1.54) is 6.92 Å². The molecule has 0 spiro atoms. The highest BCUT2D eigenvalue weighted by Crippen LogP contribution is 2.31. The van der Waals surface area contributed by atoms with Crippen LogP contribution in [0.2, 0.25) is 0 Å². The maximum absolute atomic E-state index is 12.9. The Balaban J connectivity index is 1.63. The van der Waals surface area contributed by atoms with Crippen LogP contribution in [0, 0.1) is 6.92 Å². The van der Waals surface area contributed by atoms with Gasteiger partial charge < -0.3 is 9.44 Å². The number of ketones is 1. The number of benzene rings is 1. The van der Waals surface area contributed by atoms with Gasteiger partial charge >= 0.3 is 5.16 Å². The highest BCUT2D eigenvalue weighted by atomic mass is 32.2. The minimum Gasteiger partial charge on any atom is -0.609 e. The quantitative estimate of drug-likeness (QED) is 0.421. The van der Waals surface area contributed by atoms with Crippen molar-refractivity contribution in [1.82, 2.24) is 15.0 Å². The van der Waals surface area contributed by atoms with Gasteiger partial charge in [0.1, 0.15) is 11.8 Å². The topological polar surface area (TPSA) is 100 Å². The lowest BCUT2D eigenvalue weighted by Crippen LogP contribution is -2.22. The van der Waals surface area contributed by atoms with E-state index in [1.54, 1.807) is 12.3 Å². The van der Waals surface area contributed by atoms with Crippen molar-refractivity contribution >= 4 is 28.0 Å². The summed E-state index contributed by atoms with van der Waals surface area (Å²) in [5.41, 5.74) is 4.39. The van der Waals surface area contributed by atoms with Crippen LogP contribution in [0.4, 0.5) is 0 Å². The number of fused-ring (bicyclic) bond motifs is 2. The van der Waals surface area contributed by atoms with Gasteiger partial charge in [0.05, 0.1) is 11.0 Å². The molecular weight excluding hydrogens is 366 g/mol. The Morgan fingerprint density at radius 2 is 2.26 bits per heavy atom. The molecule has 4 rings (SSSR count). The number of carbonyl (C=O) groups excluding carboxylic acids is 1. The first-order valence-electron chi connectivity index (χ1n) is 8.62. The van der Waals surface area contributed by atoms with E-state index in [2.05, 4.69) is 15.0 Å². The number of aryl methyl sites for hydroxylation is 1. The standard InChI is InChI=1S/C19H19N3O4S/c1-10-6-15-16(8-14(10)12(3)23)22-19(21-15)27(24)9-17-18-13(4-5-20-17)7-11(2)25-26-18/h4-6,8,11H,7,9H2,1-3H3,(H,21,22). The molecule has 3 heterocycles. The summed E-state index contributed by atoms with van der Waals surface area (Å²) in [6.45, 7) is 5.31. The van der Waals surface area contributed by atoms with Crippen molar-refractivity contribution in [2.24, 2.45) is 0 Å². The van der Waals surface area contributed by atoms with Crippen LogP contribution in [0.5, 0.6) is 5.75 Å². The number of nitrogens with zero attached hydrogens (tertiary/aromatic N) is 2. The number of imidazole rings is 1. The Kier molecular flexibility index (Phi) is 4.63. The van der Waals surface area contributed by atoms with Gasteiger partial charge in [0.15, 0.2) is 17.3 Å². The van der Waals surface area contributed by atoms with Gasteiger partial charge in [-0.3, -0.25) is 14.8 Å². The summed E-state index contributed by atoms with van der Waals surface area (Å²) in [4.78, 5) is 34.1. The maximum atomic E-state index is 12.9. The second-order valence-electron chi connectivity index (χ2n) is 6.71. The van der Waals surface area contributed by atoms with Crippen LogP contribution >= 0.6 is 0 Å². The predicted molar refractivity (Wildman–Crippen MR) is 100 cm³/mol. The van der Waals surface area contributed by atoms with Gasteiger partial charge in [0.25, 0.3) is 0 Å². The van der Waals surface area contributed by atoms with Crippen LogP contribution < -0.4 is 4.89 Å². The van der Waals surface area contributed by atoms with Gasteiger partial charge in [0, 0.05) is 34.9 Å². The van der Waals surface area contributed by atoms with Gasteiger partial charge in [-0.15, -0.1) is 0 Å². The number of hydrogen-bond acceptors (Lipinski definition) is 6. The van der Waals surface area contributed by atoms with Crippen molar-refractivity contribution < 1.29 is 19.1 Å². The molecule has 1 aromatic carbocycles.